The third-order valence-corrected chi connectivity index (χ3v) is 5.63. The Kier molecular flexibility index (Phi) is 4.45. The van der Waals surface area contributed by atoms with Gasteiger partial charge in [-0.05, 0) is 58.2 Å². The van der Waals surface area contributed by atoms with E-state index in [4.69, 9.17) is 0 Å². The van der Waals surface area contributed by atoms with Gasteiger partial charge in [0, 0.05) is 16.8 Å². The zero-order chi connectivity index (χ0) is 21.0. The largest absolute Gasteiger partial charge is 0.416 e. The molecule has 2 saturated heterocycles. The molecule has 1 spiro atoms. The quantitative estimate of drug-likeness (QED) is 0.796. The average Bonchev–Trinajstić information content (AvgIpc) is 3.14. The van der Waals surface area contributed by atoms with Gasteiger partial charge in [0.2, 0.25) is 5.91 Å². The molecule has 2 N–H and O–H groups in total. The van der Waals surface area contributed by atoms with Crippen LogP contribution in [0.15, 0.2) is 30.3 Å². The number of hydrogen-bond acceptors (Lipinski definition) is 4. The first-order valence-corrected chi connectivity index (χ1v) is 9.61. The van der Waals surface area contributed by atoms with Gasteiger partial charge in [-0.3, -0.25) is 10.1 Å². The first-order valence-electron chi connectivity index (χ1n) is 9.61. The highest BCUT2D eigenvalue weighted by atomic mass is 19.4. The van der Waals surface area contributed by atoms with Crippen molar-refractivity contribution in [1.82, 2.24) is 20.6 Å². The molecule has 1 amide bonds. The number of nitrogens with zero attached hydrogens (tertiary/aromatic N) is 2. The summed E-state index contributed by atoms with van der Waals surface area (Å²) >= 11 is 0. The number of carbonyl (C=O) groups excluding carboxylic acids is 1. The minimum Gasteiger partial charge on any atom is -0.350 e. The van der Waals surface area contributed by atoms with E-state index in [2.05, 4.69) is 20.6 Å². The summed E-state index contributed by atoms with van der Waals surface area (Å²) in [5.74, 6) is 0.565. The van der Waals surface area contributed by atoms with E-state index < -0.39 is 17.3 Å². The lowest BCUT2D eigenvalue weighted by Crippen LogP contribution is -2.47. The zero-order valence-corrected chi connectivity index (χ0v) is 16.5. The number of nitrogens with one attached hydrogen (secondary N) is 2. The summed E-state index contributed by atoms with van der Waals surface area (Å²) in [7, 11) is 0. The third-order valence-electron chi connectivity index (χ3n) is 5.63. The molecule has 5 nitrogen and oxygen atoms in total. The van der Waals surface area contributed by atoms with Crippen LogP contribution < -0.4 is 10.6 Å². The van der Waals surface area contributed by atoms with Crippen molar-refractivity contribution in [2.24, 2.45) is 0 Å². The minimum atomic E-state index is -4.37. The van der Waals surface area contributed by atoms with Gasteiger partial charge in [-0.15, -0.1) is 0 Å². The molecule has 4 rings (SSSR count). The first kappa shape index (κ1) is 19.8. The summed E-state index contributed by atoms with van der Waals surface area (Å²) in [5.41, 5.74) is 0.316. The number of halogens is 3. The Bertz CT molecular complexity index is 955. The van der Waals surface area contributed by atoms with E-state index >= 15 is 0 Å². The van der Waals surface area contributed by atoms with Gasteiger partial charge in [-0.25, -0.2) is 9.97 Å². The van der Waals surface area contributed by atoms with Crippen LogP contribution in [0.2, 0.25) is 0 Å². The normalized spacial score (nSPS) is 26.1. The monoisotopic (exact) mass is 404 g/mol. The summed E-state index contributed by atoms with van der Waals surface area (Å²) < 4.78 is 38.5. The van der Waals surface area contributed by atoms with Crippen LogP contribution in [0.5, 0.6) is 0 Å². The number of alkyl halides is 3. The third kappa shape index (κ3) is 3.73. The number of amides is 1. The van der Waals surface area contributed by atoms with Crippen molar-refractivity contribution in [2.45, 2.75) is 63.3 Å². The molecule has 2 aliphatic rings. The second-order valence-corrected chi connectivity index (χ2v) is 8.66. The second-order valence-electron chi connectivity index (χ2n) is 8.66. The van der Waals surface area contributed by atoms with Crippen LogP contribution in [-0.4, -0.2) is 27.0 Å². The van der Waals surface area contributed by atoms with Gasteiger partial charge in [0.15, 0.2) is 0 Å². The summed E-state index contributed by atoms with van der Waals surface area (Å²) in [5, 5.41) is 6.47. The number of benzene rings is 1. The standard InChI is InChI=1S/C21H23F3N4O/c1-12-10-16(13-4-6-14(7-5-13)21(22,23)24)26-17(25-12)15-8-9-20(27-15)11-19(2,3)28-18(20)29/h4-7,10,15,27H,8-9,11H2,1-3H3,(H,28,29). The first-order chi connectivity index (χ1) is 13.5. The molecular formula is C21H23F3N4O. The van der Waals surface area contributed by atoms with Crippen molar-refractivity contribution >= 4 is 5.91 Å². The maximum atomic E-state index is 12.8. The van der Waals surface area contributed by atoms with Gasteiger partial charge >= 0.3 is 6.18 Å². The fourth-order valence-corrected chi connectivity index (χ4v) is 4.41. The van der Waals surface area contributed by atoms with Crippen LogP contribution in [0.25, 0.3) is 11.3 Å². The highest BCUT2D eigenvalue weighted by Gasteiger charge is 2.54. The number of aromatic nitrogens is 2. The molecule has 0 aliphatic carbocycles. The van der Waals surface area contributed by atoms with E-state index in [-0.39, 0.29) is 17.5 Å². The van der Waals surface area contributed by atoms with E-state index in [0.717, 1.165) is 24.2 Å². The van der Waals surface area contributed by atoms with Gasteiger partial charge < -0.3 is 5.32 Å². The summed E-state index contributed by atoms with van der Waals surface area (Å²) in [6.45, 7) is 5.83. The smallest absolute Gasteiger partial charge is 0.350 e. The lowest BCUT2D eigenvalue weighted by molar-refractivity contribution is -0.137. The highest BCUT2D eigenvalue weighted by molar-refractivity contribution is 5.90. The molecule has 8 heteroatoms. The van der Waals surface area contributed by atoms with Crippen LogP contribution in [0, 0.1) is 6.92 Å². The van der Waals surface area contributed by atoms with Crippen molar-refractivity contribution in [3.63, 3.8) is 0 Å². The summed E-state index contributed by atoms with van der Waals surface area (Å²) in [6, 6.07) is 6.53. The van der Waals surface area contributed by atoms with Gasteiger partial charge in [-0.2, -0.15) is 13.2 Å². The molecule has 154 valence electrons. The van der Waals surface area contributed by atoms with E-state index in [1.165, 1.54) is 12.1 Å². The van der Waals surface area contributed by atoms with Crippen molar-refractivity contribution in [1.29, 1.82) is 0 Å². The molecular weight excluding hydrogens is 381 g/mol. The molecule has 2 fully saturated rings. The molecule has 2 aliphatic heterocycles. The van der Waals surface area contributed by atoms with E-state index in [1.807, 2.05) is 20.8 Å². The Labute approximate surface area is 167 Å². The summed E-state index contributed by atoms with van der Waals surface area (Å²) in [4.78, 5) is 21.7. The van der Waals surface area contributed by atoms with E-state index in [0.29, 0.717) is 29.9 Å². The van der Waals surface area contributed by atoms with E-state index in [1.54, 1.807) is 6.07 Å². The Balaban J connectivity index is 1.61. The van der Waals surface area contributed by atoms with Crippen LogP contribution in [-0.2, 0) is 11.0 Å². The molecule has 2 atom stereocenters. The maximum Gasteiger partial charge on any atom is 0.416 e. The molecule has 2 unspecified atom stereocenters. The van der Waals surface area contributed by atoms with Crippen molar-refractivity contribution in [3.05, 3.63) is 47.4 Å². The van der Waals surface area contributed by atoms with Gasteiger partial charge in [0.1, 0.15) is 11.4 Å². The second kappa shape index (κ2) is 6.52. The number of aryl methyl sites for hydroxylation is 1. The Morgan fingerprint density at radius 1 is 1.14 bits per heavy atom. The Morgan fingerprint density at radius 2 is 1.83 bits per heavy atom. The van der Waals surface area contributed by atoms with Crippen molar-refractivity contribution < 1.29 is 18.0 Å². The molecule has 0 radical (unpaired) electrons. The molecule has 0 saturated carbocycles. The Hall–Kier alpha value is -2.48. The average molecular weight is 404 g/mol. The zero-order valence-electron chi connectivity index (χ0n) is 16.5. The van der Waals surface area contributed by atoms with Crippen molar-refractivity contribution in [2.75, 3.05) is 0 Å². The SMILES string of the molecule is Cc1cc(-c2ccc(C(F)(F)F)cc2)nc(C2CCC3(CC(C)(C)NC3=O)N2)n1. The van der Waals surface area contributed by atoms with Crippen LogP contribution in [0.1, 0.15) is 56.2 Å². The van der Waals surface area contributed by atoms with Crippen LogP contribution in [0.3, 0.4) is 0 Å². The van der Waals surface area contributed by atoms with Gasteiger partial charge in [0.25, 0.3) is 0 Å². The minimum absolute atomic E-state index is 0.000570. The fraction of sp³-hybridized carbons (Fsp3) is 0.476. The van der Waals surface area contributed by atoms with E-state index in [9.17, 15) is 18.0 Å². The molecule has 1 aromatic carbocycles. The lowest BCUT2D eigenvalue weighted by atomic mass is 9.88. The number of hydrogen-bond donors (Lipinski definition) is 2. The Morgan fingerprint density at radius 3 is 2.41 bits per heavy atom. The molecule has 29 heavy (non-hydrogen) atoms. The molecule has 3 heterocycles. The molecule has 2 aromatic rings. The predicted octanol–water partition coefficient (Wildman–Crippen LogP) is 3.93. The number of carbonyl (C=O) groups is 1. The lowest BCUT2D eigenvalue weighted by Gasteiger charge is -2.23. The van der Waals surface area contributed by atoms with Gasteiger partial charge in [-0.1, -0.05) is 12.1 Å². The highest BCUT2D eigenvalue weighted by Crippen LogP contribution is 2.41. The fourth-order valence-electron chi connectivity index (χ4n) is 4.41. The van der Waals surface area contributed by atoms with Gasteiger partial charge in [0.05, 0.1) is 17.3 Å². The maximum absolute atomic E-state index is 12.8. The van der Waals surface area contributed by atoms with Crippen LogP contribution >= 0.6 is 0 Å². The predicted molar refractivity (Wildman–Crippen MR) is 102 cm³/mol. The topological polar surface area (TPSA) is 66.9 Å². The number of rotatable bonds is 2. The molecule has 0 bridgehead atoms. The molecule has 1 aromatic heterocycles. The van der Waals surface area contributed by atoms with Crippen LogP contribution in [0.4, 0.5) is 13.2 Å². The summed E-state index contributed by atoms with van der Waals surface area (Å²) in [6.07, 6.45) is -2.27. The van der Waals surface area contributed by atoms with Crippen molar-refractivity contribution in [3.8, 4) is 11.3 Å².